The van der Waals surface area contributed by atoms with E-state index in [1.165, 1.54) is 5.56 Å². The van der Waals surface area contributed by atoms with Crippen molar-refractivity contribution in [1.82, 2.24) is 0 Å². The molecular formula is C15H20O2. The Hall–Kier alpha value is -1.31. The molecule has 1 aliphatic rings. The summed E-state index contributed by atoms with van der Waals surface area (Å²) in [6.45, 7) is 10.4. The lowest BCUT2D eigenvalue weighted by atomic mass is 9.84. The van der Waals surface area contributed by atoms with E-state index in [1.807, 2.05) is 32.0 Å². The van der Waals surface area contributed by atoms with Crippen LogP contribution < -0.4 is 4.74 Å². The van der Waals surface area contributed by atoms with Gasteiger partial charge in [-0.25, -0.2) is 0 Å². The molecule has 1 aromatic carbocycles. The highest BCUT2D eigenvalue weighted by Gasteiger charge is 2.33. The molecule has 0 aliphatic carbocycles. The second-order valence-corrected chi connectivity index (χ2v) is 6.42. The van der Waals surface area contributed by atoms with Crippen molar-refractivity contribution in [3.63, 3.8) is 0 Å². The Labute approximate surface area is 103 Å². The zero-order valence-electron chi connectivity index (χ0n) is 11.3. The van der Waals surface area contributed by atoms with E-state index in [2.05, 4.69) is 20.8 Å². The maximum atomic E-state index is 12.0. The van der Waals surface area contributed by atoms with E-state index in [4.69, 9.17) is 4.74 Å². The van der Waals surface area contributed by atoms with Crippen LogP contribution in [0.4, 0.5) is 0 Å². The largest absolute Gasteiger partial charge is 0.487 e. The van der Waals surface area contributed by atoms with Crippen LogP contribution in [0.15, 0.2) is 18.2 Å². The summed E-state index contributed by atoms with van der Waals surface area (Å²) in [5.41, 5.74) is 1.60. The van der Waals surface area contributed by atoms with Gasteiger partial charge in [-0.3, -0.25) is 4.79 Å². The van der Waals surface area contributed by atoms with Crippen LogP contribution in [-0.2, 0) is 5.41 Å². The number of ether oxygens (including phenoxy) is 1. The van der Waals surface area contributed by atoms with Crippen LogP contribution in [0.25, 0.3) is 0 Å². The second kappa shape index (κ2) is 3.59. The molecule has 0 N–H and O–H groups in total. The van der Waals surface area contributed by atoms with Crippen LogP contribution in [0, 0.1) is 0 Å². The molecule has 17 heavy (non-hydrogen) atoms. The molecule has 0 aromatic heterocycles. The van der Waals surface area contributed by atoms with E-state index in [0.29, 0.717) is 6.42 Å². The lowest BCUT2D eigenvalue weighted by molar-refractivity contribution is 0.0619. The molecule has 0 unspecified atom stereocenters. The molecule has 0 spiro atoms. The molecule has 0 atom stereocenters. The Morgan fingerprint density at radius 1 is 1.24 bits per heavy atom. The summed E-state index contributed by atoms with van der Waals surface area (Å²) < 4.78 is 5.90. The summed E-state index contributed by atoms with van der Waals surface area (Å²) in [5.74, 6) is 0.912. The van der Waals surface area contributed by atoms with Crippen molar-refractivity contribution in [3.8, 4) is 5.75 Å². The molecule has 0 saturated carbocycles. The lowest BCUT2D eigenvalue weighted by Crippen LogP contribution is -2.36. The van der Waals surface area contributed by atoms with Gasteiger partial charge < -0.3 is 4.74 Å². The van der Waals surface area contributed by atoms with Gasteiger partial charge in [-0.1, -0.05) is 26.8 Å². The maximum Gasteiger partial charge on any atom is 0.170 e. The van der Waals surface area contributed by atoms with Crippen molar-refractivity contribution in [2.75, 3.05) is 0 Å². The third-order valence-corrected chi connectivity index (χ3v) is 3.12. The van der Waals surface area contributed by atoms with E-state index < -0.39 is 0 Å². The van der Waals surface area contributed by atoms with Crippen molar-refractivity contribution in [2.45, 2.75) is 52.1 Å². The van der Waals surface area contributed by atoms with Gasteiger partial charge in [0.15, 0.2) is 5.78 Å². The molecule has 92 valence electrons. The Morgan fingerprint density at radius 2 is 1.88 bits per heavy atom. The van der Waals surface area contributed by atoms with Gasteiger partial charge in [0, 0.05) is 0 Å². The summed E-state index contributed by atoms with van der Waals surface area (Å²) in [6.07, 6.45) is 0.453. The normalized spacial score (nSPS) is 18.5. The van der Waals surface area contributed by atoms with Crippen molar-refractivity contribution in [3.05, 3.63) is 29.3 Å². The number of hydrogen-bond donors (Lipinski definition) is 0. The first-order valence-electron chi connectivity index (χ1n) is 6.06. The molecule has 0 radical (unpaired) electrons. The number of fused-ring (bicyclic) bond motifs is 1. The Morgan fingerprint density at radius 3 is 2.47 bits per heavy atom. The van der Waals surface area contributed by atoms with Crippen molar-refractivity contribution in [2.24, 2.45) is 0 Å². The predicted molar refractivity (Wildman–Crippen MR) is 68.8 cm³/mol. The summed E-state index contributed by atoms with van der Waals surface area (Å²) in [4.78, 5) is 12.0. The van der Waals surface area contributed by atoms with Gasteiger partial charge in [-0.2, -0.15) is 0 Å². The zero-order chi connectivity index (χ0) is 12.8. The van der Waals surface area contributed by atoms with Gasteiger partial charge in [0.05, 0.1) is 12.0 Å². The fourth-order valence-corrected chi connectivity index (χ4v) is 2.12. The number of Topliss-reactive ketones (excluding diaryl/α,β-unsaturated/α-hetero) is 1. The van der Waals surface area contributed by atoms with Crippen molar-refractivity contribution in [1.29, 1.82) is 0 Å². The summed E-state index contributed by atoms with van der Waals surface area (Å²) >= 11 is 0. The Balaban J connectivity index is 2.49. The molecule has 0 bridgehead atoms. The zero-order valence-corrected chi connectivity index (χ0v) is 11.3. The Bertz CT molecular complexity index is 464. The minimum atomic E-state index is -0.388. The highest BCUT2D eigenvalue weighted by molar-refractivity contribution is 6.00. The highest BCUT2D eigenvalue weighted by atomic mass is 16.5. The quantitative estimate of drug-likeness (QED) is 0.681. The summed E-state index contributed by atoms with van der Waals surface area (Å²) in [6, 6.07) is 5.93. The number of hydrogen-bond acceptors (Lipinski definition) is 2. The standard InChI is InChI=1S/C15H20O2/c1-14(2,3)10-6-7-11-12(16)9-15(4,5)17-13(11)8-10/h6-8H,9H2,1-5H3. The van der Waals surface area contributed by atoms with E-state index in [9.17, 15) is 4.79 Å². The molecule has 2 heteroatoms. The molecule has 0 saturated heterocycles. The smallest absolute Gasteiger partial charge is 0.170 e. The average molecular weight is 232 g/mol. The van der Waals surface area contributed by atoms with E-state index >= 15 is 0 Å². The van der Waals surface area contributed by atoms with Crippen molar-refractivity contribution < 1.29 is 9.53 Å². The number of carbonyl (C=O) groups is 1. The third-order valence-electron chi connectivity index (χ3n) is 3.12. The second-order valence-electron chi connectivity index (χ2n) is 6.42. The summed E-state index contributed by atoms with van der Waals surface area (Å²) in [5, 5.41) is 0. The molecule has 2 nitrogen and oxygen atoms in total. The predicted octanol–water partition coefficient (Wildman–Crippen LogP) is 3.73. The third kappa shape index (κ3) is 2.36. The number of benzene rings is 1. The first-order valence-corrected chi connectivity index (χ1v) is 6.06. The van der Waals surface area contributed by atoms with Crippen molar-refractivity contribution >= 4 is 5.78 Å². The van der Waals surface area contributed by atoms with Gasteiger partial charge in [0.2, 0.25) is 0 Å². The maximum absolute atomic E-state index is 12.0. The first kappa shape index (κ1) is 12.2. The lowest BCUT2D eigenvalue weighted by Gasteiger charge is -2.32. The topological polar surface area (TPSA) is 26.3 Å². The van der Waals surface area contributed by atoms with Gasteiger partial charge in [-0.15, -0.1) is 0 Å². The van der Waals surface area contributed by atoms with Gasteiger partial charge >= 0.3 is 0 Å². The molecule has 1 aliphatic heterocycles. The molecule has 0 amide bonds. The number of ketones is 1. The van der Waals surface area contributed by atoms with E-state index in [1.54, 1.807) is 0 Å². The van der Waals surface area contributed by atoms with E-state index in [-0.39, 0.29) is 16.8 Å². The Kier molecular flexibility index (Phi) is 2.57. The first-order chi connectivity index (χ1) is 7.69. The minimum absolute atomic E-state index is 0.0724. The minimum Gasteiger partial charge on any atom is -0.487 e. The van der Waals surface area contributed by atoms with Gasteiger partial charge in [0.25, 0.3) is 0 Å². The molecule has 1 aromatic rings. The van der Waals surface area contributed by atoms with Gasteiger partial charge in [-0.05, 0) is 37.0 Å². The SMILES string of the molecule is CC1(C)CC(=O)c2ccc(C(C)(C)C)cc2O1. The monoisotopic (exact) mass is 232 g/mol. The van der Waals surface area contributed by atoms with Crippen LogP contribution in [0.1, 0.15) is 57.0 Å². The number of carbonyl (C=O) groups excluding carboxylic acids is 1. The van der Waals surface area contributed by atoms with Crippen LogP contribution in [0.5, 0.6) is 5.75 Å². The highest BCUT2D eigenvalue weighted by Crippen LogP contribution is 2.36. The fraction of sp³-hybridized carbons (Fsp3) is 0.533. The molecule has 2 rings (SSSR count). The summed E-state index contributed by atoms with van der Waals surface area (Å²) in [7, 11) is 0. The van der Waals surface area contributed by atoms with Gasteiger partial charge in [0.1, 0.15) is 11.4 Å². The van der Waals surface area contributed by atoms with Crippen LogP contribution in [-0.4, -0.2) is 11.4 Å². The number of rotatable bonds is 0. The molecule has 1 heterocycles. The average Bonchev–Trinajstić information content (AvgIpc) is 2.13. The van der Waals surface area contributed by atoms with Crippen LogP contribution in [0.2, 0.25) is 0 Å². The van der Waals surface area contributed by atoms with Crippen LogP contribution >= 0.6 is 0 Å². The van der Waals surface area contributed by atoms with E-state index in [0.717, 1.165) is 11.3 Å². The van der Waals surface area contributed by atoms with Crippen LogP contribution in [0.3, 0.4) is 0 Å². The fourth-order valence-electron chi connectivity index (χ4n) is 2.12. The molecule has 0 fully saturated rings. The molecular weight excluding hydrogens is 212 g/mol.